The van der Waals surface area contributed by atoms with E-state index in [1.165, 1.54) is 23.5 Å². The summed E-state index contributed by atoms with van der Waals surface area (Å²) in [6.07, 6.45) is 4.87. The molecule has 0 saturated heterocycles. The Kier molecular flexibility index (Phi) is 5.66. The monoisotopic (exact) mass is 425 g/mol. The highest BCUT2D eigenvalue weighted by Gasteiger charge is 2.26. The molecule has 0 radical (unpaired) electrons. The van der Waals surface area contributed by atoms with Crippen molar-refractivity contribution in [3.05, 3.63) is 64.5 Å². The lowest BCUT2D eigenvalue weighted by Gasteiger charge is -2.25. The van der Waals surface area contributed by atoms with Crippen LogP contribution >= 0.6 is 0 Å². The van der Waals surface area contributed by atoms with Gasteiger partial charge < -0.3 is 10.0 Å². The lowest BCUT2D eigenvalue weighted by molar-refractivity contribution is 0.0819. The molecule has 8 heteroatoms. The quantitative estimate of drug-likeness (QED) is 0.655. The summed E-state index contributed by atoms with van der Waals surface area (Å²) in [4.78, 5) is 14.3. The fourth-order valence-corrected chi connectivity index (χ4v) is 3.92. The summed E-state index contributed by atoms with van der Waals surface area (Å²) >= 11 is 0. The molecule has 1 saturated carbocycles. The van der Waals surface area contributed by atoms with Crippen molar-refractivity contribution in [2.45, 2.75) is 51.7 Å². The van der Waals surface area contributed by atoms with Crippen molar-refractivity contribution in [2.75, 3.05) is 14.1 Å². The van der Waals surface area contributed by atoms with Crippen LogP contribution in [0.25, 0.3) is 5.69 Å². The van der Waals surface area contributed by atoms with E-state index in [0.29, 0.717) is 29.4 Å². The number of nitrogens with zero attached hydrogens (tertiary/aromatic N) is 5. The Labute approximate surface area is 181 Å². The first-order valence-electron chi connectivity index (χ1n) is 10.6. The fourth-order valence-electron chi connectivity index (χ4n) is 3.92. The molecule has 1 amide bonds. The molecule has 1 N–H and O–H groups in total. The number of amides is 1. The Morgan fingerprint density at radius 1 is 1.29 bits per heavy atom. The van der Waals surface area contributed by atoms with Crippen LogP contribution in [0.15, 0.2) is 30.5 Å². The predicted molar refractivity (Wildman–Crippen MR) is 115 cm³/mol. The number of hydrogen-bond acceptors (Lipinski definition) is 4. The predicted octanol–water partition coefficient (Wildman–Crippen LogP) is 3.59. The number of halogens is 1. The summed E-state index contributed by atoms with van der Waals surface area (Å²) in [6.45, 7) is 3.49. The van der Waals surface area contributed by atoms with Crippen LogP contribution in [0.4, 0.5) is 4.39 Å². The van der Waals surface area contributed by atoms with Gasteiger partial charge in [-0.15, -0.1) is 0 Å². The van der Waals surface area contributed by atoms with Gasteiger partial charge in [0.15, 0.2) is 5.69 Å². The fraction of sp³-hybridized carbons (Fsp3) is 0.435. The molecule has 2 heterocycles. The third-order valence-corrected chi connectivity index (χ3v) is 5.81. The zero-order valence-corrected chi connectivity index (χ0v) is 18.3. The molecule has 3 aromatic rings. The van der Waals surface area contributed by atoms with E-state index >= 15 is 0 Å². The van der Waals surface area contributed by atoms with Crippen LogP contribution in [-0.4, -0.2) is 49.6 Å². The van der Waals surface area contributed by atoms with E-state index in [1.807, 2.05) is 23.9 Å². The first-order valence-corrected chi connectivity index (χ1v) is 10.6. The van der Waals surface area contributed by atoms with Crippen LogP contribution in [-0.2, 0) is 6.42 Å². The molecule has 1 aromatic carbocycles. The highest BCUT2D eigenvalue weighted by atomic mass is 19.1. The molecule has 4 rings (SSSR count). The molecule has 31 heavy (non-hydrogen) atoms. The molecule has 2 aromatic heterocycles. The molecule has 164 valence electrons. The summed E-state index contributed by atoms with van der Waals surface area (Å²) in [5, 5.41) is 19.4. The Hall–Kier alpha value is -3.00. The van der Waals surface area contributed by atoms with E-state index in [1.54, 1.807) is 31.8 Å². The normalized spacial score (nSPS) is 15.0. The Bertz CT molecular complexity index is 1110. The number of carbonyl (C=O) groups is 1. The van der Waals surface area contributed by atoms with Crippen molar-refractivity contribution >= 4 is 5.91 Å². The van der Waals surface area contributed by atoms with Crippen LogP contribution in [0.5, 0.6) is 0 Å². The van der Waals surface area contributed by atoms with Crippen LogP contribution in [0.2, 0.25) is 0 Å². The van der Waals surface area contributed by atoms with Crippen LogP contribution in [0.3, 0.4) is 0 Å². The standard InChI is InChI=1S/C23H28FN5O2/c1-14-10-19(29(25-14)21-9-8-17(24)12-20(21)15(2)30)11-16-13-28(18-6-5-7-18)26-22(16)23(31)27(3)4/h8-10,12-13,15,18,30H,5-7,11H2,1-4H3. The van der Waals surface area contributed by atoms with Crippen molar-refractivity contribution in [1.82, 2.24) is 24.5 Å². The first kappa shape index (κ1) is 21.2. The van der Waals surface area contributed by atoms with Gasteiger partial charge in [-0.2, -0.15) is 10.2 Å². The number of aliphatic hydroxyl groups is 1. The molecule has 0 aliphatic heterocycles. The van der Waals surface area contributed by atoms with E-state index < -0.39 is 11.9 Å². The summed E-state index contributed by atoms with van der Waals surface area (Å²) < 4.78 is 17.5. The van der Waals surface area contributed by atoms with Gasteiger partial charge in [-0.05, 0) is 57.4 Å². The van der Waals surface area contributed by atoms with E-state index in [9.17, 15) is 14.3 Å². The van der Waals surface area contributed by atoms with E-state index in [0.717, 1.165) is 29.8 Å². The summed E-state index contributed by atoms with van der Waals surface area (Å²) in [7, 11) is 3.44. The highest BCUT2D eigenvalue weighted by Crippen LogP contribution is 2.32. The van der Waals surface area contributed by atoms with Crippen LogP contribution in [0.1, 0.15) is 71.3 Å². The zero-order valence-electron chi connectivity index (χ0n) is 18.3. The van der Waals surface area contributed by atoms with Gasteiger partial charge in [0.2, 0.25) is 0 Å². The van der Waals surface area contributed by atoms with Gasteiger partial charge in [0.1, 0.15) is 5.82 Å². The second kappa shape index (κ2) is 8.26. The number of aromatic nitrogens is 4. The van der Waals surface area contributed by atoms with E-state index in [-0.39, 0.29) is 5.91 Å². The molecular weight excluding hydrogens is 397 g/mol. The minimum atomic E-state index is -0.852. The third-order valence-electron chi connectivity index (χ3n) is 5.81. The molecule has 1 fully saturated rings. The second-order valence-corrected chi connectivity index (χ2v) is 8.51. The Balaban J connectivity index is 1.77. The van der Waals surface area contributed by atoms with Crippen LogP contribution in [0, 0.1) is 12.7 Å². The molecule has 1 aliphatic carbocycles. The van der Waals surface area contributed by atoms with Gasteiger partial charge in [-0.3, -0.25) is 9.48 Å². The van der Waals surface area contributed by atoms with Crippen molar-refractivity contribution in [1.29, 1.82) is 0 Å². The summed E-state index contributed by atoms with van der Waals surface area (Å²) in [6, 6.07) is 6.60. The Morgan fingerprint density at radius 2 is 2.03 bits per heavy atom. The minimum absolute atomic E-state index is 0.137. The zero-order chi connectivity index (χ0) is 22.3. The lowest BCUT2D eigenvalue weighted by Crippen LogP contribution is -2.24. The number of aryl methyl sites for hydroxylation is 1. The molecule has 1 aliphatic rings. The van der Waals surface area contributed by atoms with Gasteiger partial charge in [0.05, 0.1) is 23.5 Å². The van der Waals surface area contributed by atoms with E-state index in [2.05, 4.69) is 10.2 Å². The average molecular weight is 426 g/mol. The van der Waals surface area contributed by atoms with Gasteiger partial charge in [0, 0.05) is 43.5 Å². The van der Waals surface area contributed by atoms with Crippen LogP contribution < -0.4 is 0 Å². The molecule has 7 nitrogen and oxygen atoms in total. The topological polar surface area (TPSA) is 76.2 Å². The van der Waals surface area contributed by atoms with Crippen molar-refractivity contribution in [3.8, 4) is 5.69 Å². The molecule has 0 bridgehead atoms. The Morgan fingerprint density at radius 3 is 2.65 bits per heavy atom. The highest BCUT2D eigenvalue weighted by molar-refractivity contribution is 5.93. The van der Waals surface area contributed by atoms with Gasteiger partial charge in [-0.25, -0.2) is 9.07 Å². The lowest BCUT2D eigenvalue weighted by atomic mass is 9.93. The molecule has 1 atom stereocenters. The molecule has 0 spiro atoms. The van der Waals surface area contributed by atoms with Gasteiger partial charge in [0.25, 0.3) is 5.91 Å². The van der Waals surface area contributed by atoms with Crippen molar-refractivity contribution in [3.63, 3.8) is 0 Å². The largest absolute Gasteiger partial charge is 0.389 e. The second-order valence-electron chi connectivity index (χ2n) is 8.51. The first-order chi connectivity index (χ1) is 14.7. The van der Waals surface area contributed by atoms with Gasteiger partial charge in [-0.1, -0.05) is 0 Å². The van der Waals surface area contributed by atoms with Crippen molar-refractivity contribution < 1.29 is 14.3 Å². The maximum atomic E-state index is 13.8. The number of aliphatic hydroxyl groups excluding tert-OH is 1. The summed E-state index contributed by atoms with van der Waals surface area (Å²) in [5.41, 5.74) is 3.98. The van der Waals surface area contributed by atoms with E-state index in [4.69, 9.17) is 0 Å². The number of hydrogen-bond donors (Lipinski definition) is 1. The summed E-state index contributed by atoms with van der Waals surface area (Å²) in [5.74, 6) is -0.548. The SMILES string of the molecule is Cc1cc(Cc2cn(C3CCC3)nc2C(=O)N(C)C)n(-c2ccc(F)cc2C(C)O)n1. The van der Waals surface area contributed by atoms with Gasteiger partial charge >= 0.3 is 0 Å². The van der Waals surface area contributed by atoms with Crippen molar-refractivity contribution in [2.24, 2.45) is 0 Å². The molecule has 1 unspecified atom stereocenters. The number of benzene rings is 1. The third kappa shape index (κ3) is 4.12. The minimum Gasteiger partial charge on any atom is -0.389 e. The number of rotatable bonds is 6. The maximum absolute atomic E-state index is 13.8. The average Bonchev–Trinajstić information content (AvgIpc) is 3.23. The maximum Gasteiger partial charge on any atom is 0.274 e. The number of carbonyl (C=O) groups excluding carboxylic acids is 1. The smallest absolute Gasteiger partial charge is 0.274 e. The molecular formula is C23H28FN5O2.